The molecule has 168 valence electrons. The van der Waals surface area contributed by atoms with Crippen LogP contribution in [0.15, 0.2) is 42.5 Å². The van der Waals surface area contributed by atoms with Crippen LogP contribution in [0.5, 0.6) is 5.75 Å². The highest BCUT2D eigenvalue weighted by atomic mass is 16.5. The molecule has 1 unspecified atom stereocenters. The minimum atomic E-state index is -0.915. The zero-order chi connectivity index (χ0) is 22.4. The SMILES string of the molecule is CCCCCC(COc1ccc(C(=O)O)cc1)c1ccc2c(c1)C(C)(C)CCN2CC. The standard InChI is InChI=1S/C27H37NO3/c1-5-7-8-9-22(19-31-23-13-10-20(11-14-23)26(29)30)21-12-15-25-24(18-21)27(3,4)16-17-28(25)6-2/h10-15,18,22H,5-9,16-17,19H2,1-4H3,(H,29,30). The van der Waals surface area contributed by atoms with Crippen LogP contribution in [0.2, 0.25) is 0 Å². The summed E-state index contributed by atoms with van der Waals surface area (Å²) >= 11 is 0. The zero-order valence-electron chi connectivity index (χ0n) is 19.5. The van der Waals surface area contributed by atoms with Crippen LogP contribution in [-0.2, 0) is 5.41 Å². The molecule has 0 amide bonds. The number of anilines is 1. The summed E-state index contributed by atoms with van der Waals surface area (Å²) in [4.78, 5) is 13.6. The highest BCUT2D eigenvalue weighted by Gasteiger charge is 2.31. The molecule has 0 bridgehead atoms. The molecule has 0 fully saturated rings. The molecule has 4 heteroatoms. The third kappa shape index (κ3) is 5.61. The third-order valence-corrected chi connectivity index (χ3v) is 6.66. The van der Waals surface area contributed by atoms with Gasteiger partial charge in [-0.3, -0.25) is 0 Å². The molecule has 0 spiro atoms. The maximum atomic E-state index is 11.1. The first-order valence-electron chi connectivity index (χ1n) is 11.7. The summed E-state index contributed by atoms with van der Waals surface area (Å²) in [6, 6.07) is 13.7. The second kappa shape index (κ2) is 10.2. The fraction of sp³-hybridized carbons (Fsp3) is 0.519. The molecule has 0 aromatic heterocycles. The van der Waals surface area contributed by atoms with Crippen molar-refractivity contribution in [3.8, 4) is 5.75 Å². The van der Waals surface area contributed by atoms with E-state index in [4.69, 9.17) is 9.84 Å². The van der Waals surface area contributed by atoms with Crippen LogP contribution in [0.25, 0.3) is 0 Å². The van der Waals surface area contributed by atoms with E-state index in [0.29, 0.717) is 12.5 Å². The second-order valence-electron chi connectivity index (χ2n) is 9.32. The predicted molar refractivity (Wildman–Crippen MR) is 128 cm³/mol. The van der Waals surface area contributed by atoms with Crippen LogP contribution in [0.3, 0.4) is 0 Å². The summed E-state index contributed by atoms with van der Waals surface area (Å²) in [6.45, 7) is 11.9. The predicted octanol–water partition coefficient (Wildman–Crippen LogP) is 6.64. The average molecular weight is 424 g/mol. The summed E-state index contributed by atoms with van der Waals surface area (Å²) in [7, 11) is 0. The van der Waals surface area contributed by atoms with E-state index in [1.54, 1.807) is 24.3 Å². The van der Waals surface area contributed by atoms with Crippen LogP contribution in [0.1, 0.15) is 87.2 Å². The van der Waals surface area contributed by atoms with E-state index in [-0.39, 0.29) is 11.0 Å². The van der Waals surface area contributed by atoms with Crippen molar-refractivity contribution in [2.24, 2.45) is 0 Å². The molecule has 1 aliphatic heterocycles. The zero-order valence-corrected chi connectivity index (χ0v) is 19.5. The van der Waals surface area contributed by atoms with Gasteiger partial charge in [0.1, 0.15) is 5.75 Å². The first kappa shape index (κ1) is 23.2. The molecular formula is C27H37NO3. The maximum Gasteiger partial charge on any atom is 0.335 e. The topological polar surface area (TPSA) is 49.8 Å². The Morgan fingerprint density at radius 1 is 1.13 bits per heavy atom. The lowest BCUT2D eigenvalue weighted by molar-refractivity contribution is 0.0697. The Kier molecular flexibility index (Phi) is 7.64. The molecule has 0 aliphatic carbocycles. The number of unbranched alkanes of at least 4 members (excludes halogenated alkanes) is 2. The van der Waals surface area contributed by atoms with Gasteiger partial charge in [-0.25, -0.2) is 4.79 Å². The van der Waals surface area contributed by atoms with Crippen molar-refractivity contribution in [3.05, 3.63) is 59.2 Å². The lowest BCUT2D eigenvalue weighted by Crippen LogP contribution is -2.37. The molecule has 1 N–H and O–H groups in total. The molecule has 31 heavy (non-hydrogen) atoms. The number of carboxylic acid groups (broad SMARTS) is 1. The molecular weight excluding hydrogens is 386 g/mol. The summed E-state index contributed by atoms with van der Waals surface area (Å²) in [5.74, 6) is 0.131. The number of carbonyl (C=O) groups is 1. The van der Waals surface area contributed by atoms with Crippen LogP contribution in [0.4, 0.5) is 5.69 Å². The number of rotatable bonds is 10. The van der Waals surface area contributed by atoms with E-state index < -0.39 is 5.97 Å². The van der Waals surface area contributed by atoms with Gasteiger partial charge in [-0.05, 0) is 66.6 Å². The highest BCUT2D eigenvalue weighted by Crippen LogP contribution is 2.41. The Bertz CT molecular complexity index is 873. The first-order chi connectivity index (χ1) is 14.9. The number of benzene rings is 2. The molecule has 1 aliphatic rings. The van der Waals surface area contributed by atoms with E-state index in [1.807, 2.05) is 0 Å². The van der Waals surface area contributed by atoms with Crippen LogP contribution in [0, 0.1) is 0 Å². The van der Waals surface area contributed by atoms with Crippen molar-refractivity contribution in [2.75, 3.05) is 24.6 Å². The number of carboxylic acids is 1. The maximum absolute atomic E-state index is 11.1. The van der Waals surface area contributed by atoms with Gasteiger partial charge in [0.05, 0.1) is 12.2 Å². The van der Waals surface area contributed by atoms with E-state index in [9.17, 15) is 4.79 Å². The van der Waals surface area contributed by atoms with Crippen LogP contribution < -0.4 is 9.64 Å². The molecule has 0 saturated carbocycles. The van der Waals surface area contributed by atoms with E-state index in [2.05, 4.69) is 50.8 Å². The first-order valence-corrected chi connectivity index (χ1v) is 11.7. The van der Waals surface area contributed by atoms with Crippen molar-refractivity contribution in [2.45, 2.75) is 71.1 Å². The Balaban J connectivity index is 1.82. The molecule has 3 rings (SSSR count). The monoisotopic (exact) mass is 423 g/mol. The van der Waals surface area contributed by atoms with Gasteiger partial charge < -0.3 is 14.7 Å². The Labute approximate surface area is 187 Å². The van der Waals surface area contributed by atoms with Gasteiger partial charge in [0.15, 0.2) is 0 Å². The number of hydrogen-bond donors (Lipinski definition) is 1. The Hall–Kier alpha value is -2.49. The molecule has 0 radical (unpaired) electrons. The summed E-state index contributed by atoms with van der Waals surface area (Å²) in [5, 5.41) is 9.09. The van der Waals surface area contributed by atoms with Gasteiger partial charge in [0.2, 0.25) is 0 Å². The number of aromatic carboxylic acids is 1. The van der Waals surface area contributed by atoms with Crippen molar-refractivity contribution < 1.29 is 14.6 Å². The molecule has 4 nitrogen and oxygen atoms in total. The van der Waals surface area contributed by atoms with Crippen molar-refractivity contribution >= 4 is 11.7 Å². The van der Waals surface area contributed by atoms with Gasteiger partial charge in [0.25, 0.3) is 0 Å². The van der Waals surface area contributed by atoms with Gasteiger partial charge in [-0.15, -0.1) is 0 Å². The molecule has 0 saturated heterocycles. The molecule has 2 aromatic carbocycles. The largest absolute Gasteiger partial charge is 0.493 e. The fourth-order valence-corrected chi connectivity index (χ4v) is 4.50. The minimum absolute atomic E-state index is 0.179. The highest BCUT2D eigenvalue weighted by molar-refractivity contribution is 5.87. The van der Waals surface area contributed by atoms with Crippen LogP contribution >= 0.6 is 0 Å². The van der Waals surface area contributed by atoms with Gasteiger partial charge in [0, 0.05) is 24.7 Å². The number of ether oxygens (including phenoxy) is 1. The molecule has 1 heterocycles. The number of fused-ring (bicyclic) bond motifs is 1. The van der Waals surface area contributed by atoms with E-state index in [0.717, 1.165) is 25.3 Å². The van der Waals surface area contributed by atoms with Crippen molar-refractivity contribution in [1.29, 1.82) is 0 Å². The van der Waals surface area contributed by atoms with E-state index >= 15 is 0 Å². The van der Waals surface area contributed by atoms with Crippen molar-refractivity contribution in [3.63, 3.8) is 0 Å². The average Bonchev–Trinajstić information content (AvgIpc) is 2.76. The summed E-state index contributed by atoms with van der Waals surface area (Å²) in [6.07, 6.45) is 5.88. The minimum Gasteiger partial charge on any atom is -0.493 e. The third-order valence-electron chi connectivity index (χ3n) is 6.66. The smallest absolute Gasteiger partial charge is 0.335 e. The van der Waals surface area contributed by atoms with Gasteiger partial charge >= 0.3 is 5.97 Å². The molecule has 2 aromatic rings. The molecule has 1 atom stereocenters. The van der Waals surface area contributed by atoms with Gasteiger partial charge in [-0.2, -0.15) is 0 Å². The number of nitrogens with zero attached hydrogens (tertiary/aromatic N) is 1. The summed E-state index contributed by atoms with van der Waals surface area (Å²) < 4.78 is 6.12. The van der Waals surface area contributed by atoms with Crippen LogP contribution in [-0.4, -0.2) is 30.8 Å². The van der Waals surface area contributed by atoms with Gasteiger partial charge in [-0.1, -0.05) is 52.2 Å². The fourth-order valence-electron chi connectivity index (χ4n) is 4.50. The Morgan fingerprint density at radius 3 is 2.52 bits per heavy atom. The normalized spacial score (nSPS) is 15.9. The van der Waals surface area contributed by atoms with Crippen molar-refractivity contribution in [1.82, 2.24) is 0 Å². The second-order valence-corrected chi connectivity index (χ2v) is 9.32. The summed E-state index contributed by atoms with van der Waals surface area (Å²) in [5.41, 5.74) is 4.63. The lowest BCUT2D eigenvalue weighted by atomic mass is 9.76. The number of hydrogen-bond acceptors (Lipinski definition) is 3. The van der Waals surface area contributed by atoms with E-state index in [1.165, 1.54) is 42.5 Å². The lowest BCUT2D eigenvalue weighted by Gasteiger charge is -2.40. The quantitative estimate of drug-likeness (QED) is 0.435. The Morgan fingerprint density at radius 2 is 1.87 bits per heavy atom.